The molecule has 0 N–H and O–H groups in total. The van der Waals surface area contributed by atoms with Crippen molar-refractivity contribution in [2.24, 2.45) is 0 Å². The van der Waals surface area contributed by atoms with E-state index in [-0.39, 0.29) is 0 Å². The first-order valence-corrected chi connectivity index (χ1v) is 15.5. The molecule has 0 atom stereocenters. The number of hydrogen-bond donors (Lipinski definition) is 0. The normalized spacial score (nSPS) is 10.8. The minimum Gasteiger partial charge on any atom is -0.311 e. The molecule has 0 aliphatic rings. The third-order valence-electron chi connectivity index (χ3n) is 8.48. The van der Waals surface area contributed by atoms with E-state index in [1.807, 2.05) is 109 Å². The molecule has 0 bridgehead atoms. The molecule has 0 fully saturated rings. The van der Waals surface area contributed by atoms with Crippen LogP contribution in [0.25, 0.3) is 82.5 Å². The van der Waals surface area contributed by atoms with E-state index in [1.165, 1.54) is 0 Å². The van der Waals surface area contributed by atoms with Crippen molar-refractivity contribution in [1.29, 1.82) is 5.26 Å². The van der Waals surface area contributed by atoms with E-state index in [0.717, 1.165) is 49.7 Å². The monoisotopic (exact) mass is 625 g/mol. The van der Waals surface area contributed by atoms with Crippen molar-refractivity contribution in [3.05, 3.63) is 168 Å². The fraction of sp³-hybridized carbons (Fsp3) is 0. The smallest absolute Gasteiger partial charge is 0.200 e. The predicted molar refractivity (Wildman–Crippen MR) is 193 cm³/mol. The standard InChI is InChI=1S/C42H23N7/c1-44-32-22-27(26-43)21-31(23-32)30-17-20-39-36(24-30)34-15-9-10-16-38(34)49(39)33-18-19-35(37(25-33)45-2)42-47-40(28-11-5-3-6-12-28)46-41(48-42)29-13-7-4-8-14-29/h3-25H. The largest absolute Gasteiger partial charge is 0.311 e. The van der Waals surface area contributed by atoms with Crippen LogP contribution in [-0.2, 0) is 0 Å². The Hall–Kier alpha value is -7.40. The number of aromatic nitrogens is 4. The van der Waals surface area contributed by atoms with Gasteiger partial charge in [-0.2, -0.15) is 5.26 Å². The molecule has 7 nitrogen and oxygen atoms in total. The summed E-state index contributed by atoms with van der Waals surface area (Å²) in [5.74, 6) is 1.49. The van der Waals surface area contributed by atoms with Crippen molar-refractivity contribution in [1.82, 2.24) is 19.5 Å². The highest BCUT2D eigenvalue weighted by atomic mass is 15.0. The summed E-state index contributed by atoms with van der Waals surface area (Å²) in [5, 5.41) is 11.6. The molecule has 7 heteroatoms. The summed E-state index contributed by atoms with van der Waals surface area (Å²) in [5.41, 5.74) is 8.13. The number of nitrogens with zero attached hydrogens (tertiary/aromatic N) is 7. The highest BCUT2D eigenvalue weighted by Gasteiger charge is 2.18. The van der Waals surface area contributed by atoms with Crippen LogP contribution in [0.3, 0.4) is 0 Å². The van der Waals surface area contributed by atoms with E-state index in [4.69, 9.17) is 28.1 Å². The number of rotatable bonds is 5. The maximum Gasteiger partial charge on any atom is 0.200 e. The maximum atomic E-state index is 9.55. The average molecular weight is 626 g/mol. The van der Waals surface area contributed by atoms with E-state index in [2.05, 4.69) is 44.6 Å². The van der Waals surface area contributed by atoms with Gasteiger partial charge in [-0.15, -0.1) is 0 Å². The van der Waals surface area contributed by atoms with Crippen molar-refractivity contribution in [2.75, 3.05) is 0 Å². The zero-order valence-electron chi connectivity index (χ0n) is 25.9. The van der Waals surface area contributed by atoms with Gasteiger partial charge in [-0.1, -0.05) is 91.0 Å². The number of fused-ring (bicyclic) bond motifs is 3. The molecule has 0 aliphatic heterocycles. The average Bonchev–Trinajstić information content (AvgIpc) is 3.51. The topological polar surface area (TPSA) is 76.1 Å². The molecule has 2 aromatic heterocycles. The molecule has 0 amide bonds. The van der Waals surface area contributed by atoms with E-state index in [0.29, 0.717) is 40.0 Å². The van der Waals surface area contributed by atoms with Crippen molar-refractivity contribution in [2.45, 2.75) is 0 Å². The summed E-state index contributed by atoms with van der Waals surface area (Å²) in [7, 11) is 0. The lowest BCUT2D eigenvalue weighted by atomic mass is 10.0. The molecule has 8 rings (SSSR count). The van der Waals surface area contributed by atoms with Crippen LogP contribution in [-0.4, -0.2) is 19.5 Å². The third-order valence-corrected chi connectivity index (χ3v) is 8.48. The van der Waals surface area contributed by atoms with E-state index in [9.17, 15) is 5.26 Å². The van der Waals surface area contributed by atoms with Gasteiger partial charge in [0.05, 0.1) is 30.2 Å². The van der Waals surface area contributed by atoms with Gasteiger partial charge < -0.3 is 4.57 Å². The highest BCUT2D eigenvalue weighted by molar-refractivity contribution is 6.10. The zero-order chi connectivity index (χ0) is 33.3. The molecule has 6 aromatic carbocycles. The molecule has 226 valence electrons. The number of nitriles is 1. The lowest BCUT2D eigenvalue weighted by Crippen LogP contribution is -2.01. The quantitative estimate of drug-likeness (QED) is 0.178. The zero-order valence-corrected chi connectivity index (χ0v) is 25.9. The van der Waals surface area contributed by atoms with Crippen LogP contribution in [0.1, 0.15) is 5.56 Å². The molecule has 0 aliphatic carbocycles. The van der Waals surface area contributed by atoms with Gasteiger partial charge in [0.2, 0.25) is 0 Å². The van der Waals surface area contributed by atoms with Crippen LogP contribution in [0.5, 0.6) is 0 Å². The molecular formula is C42H23N7. The van der Waals surface area contributed by atoms with Crippen molar-refractivity contribution in [3.63, 3.8) is 0 Å². The number of benzene rings is 6. The molecular weight excluding hydrogens is 603 g/mol. The van der Waals surface area contributed by atoms with E-state index in [1.54, 1.807) is 6.07 Å². The van der Waals surface area contributed by atoms with E-state index >= 15 is 0 Å². The number of hydrogen-bond acceptors (Lipinski definition) is 4. The second kappa shape index (κ2) is 12.1. The summed E-state index contributed by atoms with van der Waals surface area (Å²) >= 11 is 0. The Morgan fingerprint density at radius 2 is 1.18 bits per heavy atom. The first kappa shape index (κ1) is 29.0. The van der Waals surface area contributed by atoms with Crippen molar-refractivity contribution in [3.8, 4) is 57.0 Å². The molecule has 8 aromatic rings. The van der Waals surface area contributed by atoms with Crippen LogP contribution in [0, 0.1) is 24.5 Å². The lowest BCUT2D eigenvalue weighted by Gasteiger charge is -2.12. The van der Waals surface area contributed by atoms with Gasteiger partial charge in [-0.05, 0) is 59.7 Å². The van der Waals surface area contributed by atoms with Crippen LogP contribution >= 0.6 is 0 Å². The van der Waals surface area contributed by atoms with Crippen molar-refractivity contribution < 1.29 is 0 Å². The molecule has 0 saturated carbocycles. The Morgan fingerprint density at radius 1 is 0.531 bits per heavy atom. The Kier molecular flexibility index (Phi) is 7.16. The molecule has 0 unspecified atom stereocenters. The summed E-state index contributed by atoms with van der Waals surface area (Å²) < 4.78 is 2.15. The minimum absolute atomic E-state index is 0.421. The SMILES string of the molecule is [C-]#[N+]c1cc(C#N)cc(-c2ccc3c(c2)c2ccccc2n3-c2ccc(-c3nc(-c4ccccc4)nc(-c4ccccc4)n3)c([N+]#[C-])c2)c1. The van der Waals surface area contributed by atoms with Gasteiger partial charge in [-0.3, -0.25) is 0 Å². The first-order chi connectivity index (χ1) is 24.1. The Labute approximate surface area is 282 Å². The van der Waals surface area contributed by atoms with Gasteiger partial charge in [0.1, 0.15) is 0 Å². The van der Waals surface area contributed by atoms with Crippen LogP contribution in [0.2, 0.25) is 0 Å². The van der Waals surface area contributed by atoms with Gasteiger partial charge in [0.25, 0.3) is 0 Å². The minimum atomic E-state index is 0.421. The Bertz CT molecular complexity index is 2600. The number of para-hydroxylation sites is 1. The second-order valence-electron chi connectivity index (χ2n) is 11.4. The van der Waals surface area contributed by atoms with Crippen LogP contribution in [0.15, 0.2) is 140 Å². The molecule has 0 saturated heterocycles. The van der Waals surface area contributed by atoms with Crippen LogP contribution < -0.4 is 0 Å². The molecule has 0 spiro atoms. The van der Waals surface area contributed by atoms with Gasteiger partial charge in [0.15, 0.2) is 28.8 Å². The van der Waals surface area contributed by atoms with Gasteiger partial charge in [0, 0.05) is 38.7 Å². The van der Waals surface area contributed by atoms with Gasteiger partial charge in [-0.25, -0.2) is 24.6 Å². The Balaban J connectivity index is 1.29. The Morgan fingerprint density at radius 3 is 1.86 bits per heavy atom. The predicted octanol–water partition coefficient (Wildman–Crippen LogP) is 10.6. The first-order valence-electron chi connectivity index (χ1n) is 15.5. The highest BCUT2D eigenvalue weighted by Crippen LogP contribution is 2.38. The second-order valence-corrected chi connectivity index (χ2v) is 11.4. The fourth-order valence-corrected chi connectivity index (χ4v) is 6.21. The molecule has 0 radical (unpaired) electrons. The summed E-state index contributed by atoms with van der Waals surface area (Å²) in [6.45, 7) is 15.7. The maximum absolute atomic E-state index is 9.55. The molecule has 49 heavy (non-hydrogen) atoms. The third kappa shape index (κ3) is 5.22. The van der Waals surface area contributed by atoms with Gasteiger partial charge >= 0.3 is 0 Å². The summed E-state index contributed by atoms with van der Waals surface area (Å²) in [6, 6.07) is 47.0. The molecule has 2 heterocycles. The van der Waals surface area contributed by atoms with E-state index < -0.39 is 0 Å². The summed E-state index contributed by atoms with van der Waals surface area (Å²) in [4.78, 5) is 22.0. The fourth-order valence-electron chi connectivity index (χ4n) is 6.21. The van der Waals surface area contributed by atoms with Crippen molar-refractivity contribution >= 4 is 33.2 Å². The lowest BCUT2D eigenvalue weighted by molar-refractivity contribution is 1.07. The van der Waals surface area contributed by atoms with Crippen LogP contribution in [0.4, 0.5) is 11.4 Å². The summed E-state index contributed by atoms with van der Waals surface area (Å²) in [6.07, 6.45) is 0.